The molecule has 0 spiro atoms. The largest absolute Gasteiger partial charge is 0.454 e. The van der Waals surface area contributed by atoms with Crippen LogP contribution in [0.15, 0.2) is 42.7 Å². The molecule has 0 saturated carbocycles. The minimum atomic E-state index is 0.217. The molecular weight excluding hydrogens is 406 g/mol. The predicted octanol–water partition coefficient (Wildman–Crippen LogP) is 4.72. The van der Waals surface area contributed by atoms with E-state index in [0.717, 1.165) is 28.1 Å². The number of imidazole rings is 1. The Morgan fingerprint density at radius 2 is 1.88 bits per heavy atom. The highest BCUT2D eigenvalue weighted by Crippen LogP contribution is 2.36. The van der Waals surface area contributed by atoms with Crippen LogP contribution in [0.1, 0.15) is 16.7 Å². The highest BCUT2D eigenvalue weighted by Gasteiger charge is 2.16. The van der Waals surface area contributed by atoms with Gasteiger partial charge in [0.1, 0.15) is 5.52 Å². The van der Waals surface area contributed by atoms with E-state index in [2.05, 4.69) is 30.6 Å². The summed E-state index contributed by atoms with van der Waals surface area (Å²) in [6.07, 6.45) is 4.83. The van der Waals surface area contributed by atoms with E-state index in [9.17, 15) is 0 Å². The number of allylic oxidation sites excluding steroid dienone is 1. The molecular formula is C23H19N7O2. The number of fused-ring (bicyclic) bond motifs is 2. The van der Waals surface area contributed by atoms with E-state index < -0.39 is 0 Å². The normalized spacial score (nSPS) is 12.3. The molecule has 0 radical (unpaired) electrons. The monoisotopic (exact) mass is 425 g/mol. The van der Waals surface area contributed by atoms with E-state index in [4.69, 9.17) is 14.7 Å². The average Bonchev–Trinajstić information content (AvgIpc) is 3.44. The van der Waals surface area contributed by atoms with Gasteiger partial charge in [0.05, 0.1) is 12.4 Å². The van der Waals surface area contributed by atoms with Crippen LogP contribution in [0.3, 0.4) is 0 Å². The van der Waals surface area contributed by atoms with Crippen molar-refractivity contribution >= 4 is 40.4 Å². The maximum absolute atomic E-state index is 8.77. The van der Waals surface area contributed by atoms with Crippen molar-refractivity contribution < 1.29 is 9.47 Å². The van der Waals surface area contributed by atoms with Crippen molar-refractivity contribution in [3.63, 3.8) is 0 Å². The van der Waals surface area contributed by atoms with Gasteiger partial charge in [-0.05, 0) is 60.9 Å². The van der Waals surface area contributed by atoms with Gasteiger partial charge in [0.15, 0.2) is 23.0 Å². The Kier molecular flexibility index (Phi) is 4.80. The molecule has 0 bridgehead atoms. The van der Waals surface area contributed by atoms with Crippen molar-refractivity contribution in [2.75, 3.05) is 17.4 Å². The highest BCUT2D eigenvalue weighted by molar-refractivity contribution is 5.87. The lowest BCUT2D eigenvalue weighted by Crippen LogP contribution is -2.04. The Balaban J connectivity index is 1.48. The number of aryl methyl sites for hydroxylation is 2. The molecule has 0 fully saturated rings. The zero-order valence-electron chi connectivity index (χ0n) is 17.4. The Morgan fingerprint density at radius 1 is 1.06 bits per heavy atom. The summed E-state index contributed by atoms with van der Waals surface area (Å²) in [5.41, 5.74) is 5.92. The summed E-state index contributed by atoms with van der Waals surface area (Å²) in [5, 5.41) is 15.4. The number of nitrogens with zero attached hydrogens (tertiary/aromatic N) is 4. The van der Waals surface area contributed by atoms with Crippen LogP contribution in [0, 0.1) is 25.2 Å². The minimum Gasteiger partial charge on any atom is -0.454 e. The molecule has 1 aliphatic rings. The molecule has 9 nitrogen and oxygen atoms in total. The van der Waals surface area contributed by atoms with Crippen molar-refractivity contribution in [3.8, 4) is 17.6 Å². The maximum Gasteiger partial charge on any atom is 0.231 e. The van der Waals surface area contributed by atoms with Gasteiger partial charge < -0.3 is 25.1 Å². The molecule has 0 amide bonds. The number of aromatic nitrogens is 4. The van der Waals surface area contributed by atoms with Gasteiger partial charge >= 0.3 is 0 Å². The quantitative estimate of drug-likeness (QED) is 0.393. The van der Waals surface area contributed by atoms with Gasteiger partial charge in [-0.25, -0.2) is 4.98 Å². The Morgan fingerprint density at radius 3 is 2.69 bits per heavy atom. The molecule has 5 rings (SSSR count). The molecule has 1 aliphatic heterocycles. The molecule has 4 aromatic rings. The van der Waals surface area contributed by atoms with Crippen LogP contribution in [-0.2, 0) is 0 Å². The average molecular weight is 425 g/mol. The van der Waals surface area contributed by atoms with Gasteiger partial charge in [0.2, 0.25) is 12.7 Å². The second kappa shape index (κ2) is 7.92. The van der Waals surface area contributed by atoms with Gasteiger partial charge in [-0.15, -0.1) is 0 Å². The number of benzene rings is 2. The topological polar surface area (TPSA) is 121 Å². The third-order valence-electron chi connectivity index (χ3n) is 5.06. The van der Waals surface area contributed by atoms with Crippen LogP contribution in [0.2, 0.25) is 0 Å². The molecule has 0 aliphatic carbocycles. The smallest absolute Gasteiger partial charge is 0.231 e. The van der Waals surface area contributed by atoms with Gasteiger partial charge in [-0.3, -0.25) is 0 Å². The van der Waals surface area contributed by atoms with Crippen LogP contribution in [-0.4, -0.2) is 26.7 Å². The Hall–Kier alpha value is -4.58. The molecule has 0 atom stereocenters. The van der Waals surface area contributed by atoms with Gasteiger partial charge in [0, 0.05) is 23.5 Å². The van der Waals surface area contributed by atoms with Crippen LogP contribution < -0.4 is 20.1 Å². The number of hydrogen-bond acceptors (Lipinski definition) is 8. The SMILES string of the molecule is Cc1cc(C=CC#N)cc(C)c1Nc1nc(Nc2ccc3c(c2)OCO3)c2[nH]cnc2n1. The fraction of sp³-hybridized carbons (Fsp3) is 0.130. The van der Waals surface area contributed by atoms with Crippen molar-refractivity contribution in [2.24, 2.45) is 0 Å². The third-order valence-corrected chi connectivity index (χ3v) is 5.06. The van der Waals surface area contributed by atoms with Crippen LogP contribution >= 0.6 is 0 Å². The predicted molar refractivity (Wildman–Crippen MR) is 121 cm³/mol. The maximum atomic E-state index is 8.77. The van der Waals surface area contributed by atoms with Gasteiger partial charge in [0.25, 0.3) is 0 Å². The van der Waals surface area contributed by atoms with Crippen LogP contribution in [0.25, 0.3) is 17.2 Å². The molecule has 2 aromatic carbocycles. The lowest BCUT2D eigenvalue weighted by Gasteiger charge is -2.14. The Labute approximate surface area is 183 Å². The number of hydrogen-bond donors (Lipinski definition) is 3. The standard InChI is InChI=1S/C23H19N7O2/c1-13-8-15(4-3-7-24)9-14(2)19(13)28-23-29-21-20(25-11-26-21)22(30-23)27-16-5-6-17-18(10-16)32-12-31-17/h3-6,8-11H,12H2,1-2H3,(H3,25,26,27,28,29,30). The first-order chi connectivity index (χ1) is 15.6. The lowest BCUT2D eigenvalue weighted by molar-refractivity contribution is 0.174. The fourth-order valence-electron chi connectivity index (χ4n) is 3.63. The number of nitriles is 1. The molecule has 3 N–H and O–H groups in total. The van der Waals surface area contributed by atoms with Crippen LogP contribution in [0.5, 0.6) is 11.5 Å². The zero-order valence-corrected chi connectivity index (χ0v) is 17.4. The molecule has 158 valence electrons. The second-order valence-corrected chi connectivity index (χ2v) is 7.31. The first-order valence-electron chi connectivity index (χ1n) is 9.93. The first kappa shape index (κ1) is 19.4. The van der Waals surface area contributed by atoms with Crippen molar-refractivity contribution in [1.82, 2.24) is 19.9 Å². The summed E-state index contributed by atoms with van der Waals surface area (Å²) in [7, 11) is 0. The number of rotatable bonds is 5. The summed E-state index contributed by atoms with van der Waals surface area (Å²) in [4.78, 5) is 16.6. The third kappa shape index (κ3) is 3.65. The summed E-state index contributed by atoms with van der Waals surface area (Å²) >= 11 is 0. The van der Waals surface area contributed by atoms with E-state index >= 15 is 0 Å². The lowest BCUT2D eigenvalue weighted by atomic mass is 10.0. The van der Waals surface area contributed by atoms with E-state index in [1.807, 2.05) is 50.2 Å². The number of H-pyrrole nitrogens is 1. The number of anilines is 4. The molecule has 9 heteroatoms. The summed E-state index contributed by atoms with van der Waals surface area (Å²) < 4.78 is 10.8. The molecule has 2 aromatic heterocycles. The summed E-state index contributed by atoms with van der Waals surface area (Å²) in [5.74, 6) is 2.39. The van der Waals surface area contributed by atoms with E-state index in [-0.39, 0.29) is 6.79 Å². The van der Waals surface area contributed by atoms with E-state index in [1.54, 1.807) is 12.4 Å². The van der Waals surface area contributed by atoms with Crippen LogP contribution in [0.4, 0.5) is 23.1 Å². The number of aromatic amines is 1. The van der Waals surface area contributed by atoms with Crippen molar-refractivity contribution in [2.45, 2.75) is 13.8 Å². The highest BCUT2D eigenvalue weighted by atomic mass is 16.7. The van der Waals surface area contributed by atoms with E-state index in [0.29, 0.717) is 34.4 Å². The van der Waals surface area contributed by atoms with Gasteiger partial charge in [-0.2, -0.15) is 15.2 Å². The Bertz CT molecular complexity index is 1380. The number of nitrogens with one attached hydrogen (secondary N) is 3. The van der Waals surface area contributed by atoms with E-state index in [1.165, 1.54) is 6.08 Å². The summed E-state index contributed by atoms with van der Waals surface area (Å²) in [6.45, 7) is 4.21. The summed E-state index contributed by atoms with van der Waals surface area (Å²) in [6, 6.07) is 11.6. The fourth-order valence-corrected chi connectivity index (χ4v) is 3.63. The first-order valence-corrected chi connectivity index (χ1v) is 9.93. The number of ether oxygens (including phenoxy) is 2. The molecule has 3 heterocycles. The van der Waals surface area contributed by atoms with Crippen molar-refractivity contribution in [3.05, 3.63) is 59.4 Å². The molecule has 0 unspecified atom stereocenters. The minimum absolute atomic E-state index is 0.217. The molecule has 0 saturated heterocycles. The molecule has 32 heavy (non-hydrogen) atoms. The second-order valence-electron chi connectivity index (χ2n) is 7.31. The van der Waals surface area contributed by atoms with Crippen molar-refractivity contribution in [1.29, 1.82) is 5.26 Å². The van der Waals surface area contributed by atoms with Gasteiger partial charge in [-0.1, -0.05) is 0 Å². The zero-order chi connectivity index (χ0) is 22.1.